The number of hydrogen-bond acceptors (Lipinski definition) is 4. The largest absolute Gasteiger partial charge is 0.505 e. The molecule has 0 aromatic heterocycles. The molecule has 1 heterocycles. The van der Waals surface area contributed by atoms with Crippen LogP contribution in [0, 0.1) is 5.82 Å². The predicted molar refractivity (Wildman–Crippen MR) is 45.5 cm³/mol. The number of carbonyl (C=O) groups is 1. The first-order chi connectivity index (χ1) is 7.09. The number of aromatic hydroxyl groups is 1. The molecule has 1 aliphatic heterocycles. The Morgan fingerprint density at radius 3 is 2.93 bits per heavy atom. The molecule has 1 aromatic carbocycles. The van der Waals surface area contributed by atoms with Crippen LogP contribution in [0.15, 0.2) is 6.07 Å². The summed E-state index contributed by atoms with van der Waals surface area (Å²) in [7, 11) is 0. The lowest BCUT2D eigenvalue weighted by atomic mass is 10.1. The van der Waals surface area contributed by atoms with Crippen molar-refractivity contribution in [3.05, 3.63) is 17.4 Å². The molecule has 0 saturated carbocycles. The third-order valence-corrected chi connectivity index (χ3v) is 2.00. The maximum atomic E-state index is 13.4. The van der Waals surface area contributed by atoms with Gasteiger partial charge >= 0.3 is 5.97 Å². The van der Waals surface area contributed by atoms with Crippen LogP contribution in [-0.2, 0) is 11.2 Å². The number of phenols is 1. The summed E-state index contributed by atoms with van der Waals surface area (Å²) < 4.78 is 23.2. The Balaban J connectivity index is 2.55. The van der Waals surface area contributed by atoms with Gasteiger partial charge in [0, 0.05) is 11.6 Å². The first kappa shape index (κ1) is 9.57. The maximum Gasteiger partial charge on any atom is 0.308 e. The van der Waals surface area contributed by atoms with Gasteiger partial charge in [-0.25, -0.2) is 4.39 Å². The number of carboxylic acids is 1. The number of aliphatic carboxylic acids is 1. The van der Waals surface area contributed by atoms with Gasteiger partial charge in [-0.05, 0) is 0 Å². The van der Waals surface area contributed by atoms with E-state index in [0.29, 0.717) is 0 Å². The summed E-state index contributed by atoms with van der Waals surface area (Å²) in [5.41, 5.74) is -0.199. The maximum absolute atomic E-state index is 13.4. The molecular formula is C9H7FO5. The van der Waals surface area contributed by atoms with Gasteiger partial charge in [-0.3, -0.25) is 4.79 Å². The van der Waals surface area contributed by atoms with E-state index in [1.807, 2.05) is 0 Å². The molecule has 5 nitrogen and oxygen atoms in total. The van der Waals surface area contributed by atoms with Crippen molar-refractivity contribution in [2.24, 2.45) is 0 Å². The van der Waals surface area contributed by atoms with E-state index in [-0.39, 0.29) is 23.9 Å². The molecule has 0 unspecified atom stereocenters. The fourth-order valence-corrected chi connectivity index (χ4v) is 1.38. The van der Waals surface area contributed by atoms with Gasteiger partial charge in [0.25, 0.3) is 0 Å². The first-order valence-corrected chi connectivity index (χ1v) is 4.11. The van der Waals surface area contributed by atoms with Crippen molar-refractivity contribution in [2.45, 2.75) is 6.42 Å². The third-order valence-electron chi connectivity index (χ3n) is 2.00. The van der Waals surface area contributed by atoms with Crippen LogP contribution >= 0.6 is 0 Å². The van der Waals surface area contributed by atoms with E-state index in [1.54, 1.807) is 0 Å². The summed E-state index contributed by atoms with van der Waals surface area (Å²) in [5.74, 6) is -2.63. The Labute approximate surface area is 83.7 Å². The second-order valence-electron chi connectivity index (χ2n) is 2.99. The zero-order valence-electron chi connectivity index (χ0n) is 7.49. The van der Waals surface area contributed by atoms with Crippen LogP contribution in [0.2, 0.25) is 0 Å². The van der Waals surface area contributed by atoms with Crippen LogP contribution in [0.3, 0.4) is 0 Å². The molecule has 0 bridgehead atoms. The van der Waals surface area contributed by atoms with Gasteiger partial charge in [0.15, 0.2) is 23.1 Å². The zero-order valence-corrected chi connectivity index (χ0v) is 7.49. The van der Waals surface area contributed by atoms with Gasteiger partial charge < -0.3 is 19.7 Å². The molecule has 0 aliphatic carbocycles. The summed E-state index contributed by atoms with van der Waals surface area (Å²) in [6.45, 7) is -0.106. The Kier molecular flexibility index (Phi) is 2.11. The summed E-state index contributed by atoms with van der Waals surface area (Å²) in [6.07, 6.45) is -0.564. The van der Waals surface area contributed by atoms with E-state index >= 15 is 0 Å². The van der Waals surface area contributed by atoms with Crippen LogP contribution in [0.4, 0.5) is 4.39 Å². The first-order valence-electron chi connectivity index (χ1n) is 4.11. The number of rotatable bonds is 2. The summed E-state index contributed by atoms with van der Waals surface area (Å²) in [4.78, 5) is 10.5. The molecule has 2 N–H and O–H groups in total. The summed E-state index contributed by atoms with van der Waals surface area (Å²) >= 11 is 0. The van der Waals surface area contributed by atoms with Gasteiger partial charge in [0.05, 0.1) is 6.42 Å². The van der Waals surface area contributed by atoms with Crippen molar-refractivity contribution < 1.29 is 28.9 Å². The Hall–Kier alpha value is -1.98. The number of benzene rings is 1. The van der Waals surface area contributed by atoms with Crippen LogP contribution in [0.5, 0.6) is 17.2 Å². The number of fused-ring (bicyclic) bond motifs is 1. The van der Waals surface area contributed by atoms with Crippen LogP contribution < -0.4 is 9.47 Å². The van der Waals surface area contributed by atoms with Crippen molar-refractivity contribution in [2.75, 3.05) is 6.79 Å². The van der Waals surface area contributed by atoms with Gasteiger partial charge in [-0.2, -0.15) is 0 Å². The predicted octanol–water partition coefficient (Wildman–Crippen LogP) is 0.887. The standard InChI is InChI=1S/C9H7FO5/c10-8-4(1-7(12)13)9-6(2-5(8)11)14-3-15-9/h2,11H,1,3H2,(H,12,13). The normalized spacial score (nSPS) is 12.9. The van der Waals surface area contributed by atoms with Crippen molar-refractivity contribution in [1.82, 2.24) is 0 Å². The van der Waals surface area contributed by atoms with Crippen LogP contribution in [-0.4, -0.2) is 23.0 Å². The molecule has 0 fully saturated rings. The Morgan fingerprint density at radius 1 is 1.53 bits per heavy atom. The lowest BCUT2D eigenvalue weighted by Gasteiger charge is -2.06. The minimum absolute atomic E-state index is 0.0488. The van der Waals surface area contributed by atoms with E-state index in [4.69, 9.17) is 14.6 Å². The molecule has 0 atom stereocenters. The summed E-state index contributed by atoms with van der Waals surface area (Å²) in [5, 5.41) is 17.7. The quantitative estimate of drug-likeness (QED) is 0.764. The molecule has 0 spiro atoms. The third kappa shape index (κ3) is 1.54. The molecule has 1 aromatic rings. The molecule has 80 valence electrons. The topological polar surface area (TPSA) is 76.0 Å². The van der Waals surface area contributed by atoms with Gasteiger partial charge in [-0.15, -0.1) is 0 Å². The lowest BCUT2D eigenvalue weighted by molar-refractivity contribution is -0.136. The second-order valence-corrected chi connectivity index (χ2v) is 2.99. The summed E-state index contributed by atoms with van der Waals surface area (Å²) in [6, 6.07) is 1.06. The molecule has 0 amide bonds. The fourth-order valence-electron chi connectivity index (χ4n) is 1.38. The van der Waals surface area contributed by atoms with Crippen molar-refractivity contribution in [1.29, 1.82) is 0 Å². The van der Waals surface area contributed by atoms with E-state index in [2.05, 4.69) is 0 Å². The van der Waals surface area contributed by atoms with E-state index in [9.17, 15) is 14.3 Å². The molecular weight excluding hydrogens is 207 g/mol. The number of ether oxygens (including phenoxy) is 2. The highest BCUT2D eigenvalue weighted by Gasteiger charge is 2.25. The number of carboxylic acid groups (broad SMARTS) is 1. The van der Waals surface area contributed by atoms with Crippen LogP contribution in [0.1, 0.15) is 5.56 Å². The fraction of sp³-hybridized carbons (Fsp3) is 0.222. The number of phenolic OH excluding ortho intramolecular Hbond substituents is 1. The van der Waals surface area contributed by atoms with E-state index < -0.39 is 24.0 Å². The SMILES string of the molecule is O=C(O)Cc1c(F)c(O)cc2c1OCO2. The van der Waals surface area contributed by atoms with Gasteiger partial charge in [0.1, 0.15) is 0 Å². The van der Waals surface area contributed by atoms with Gasteiger partial charge in [-0.1, -0.05) is 0 Å². The molecule has 0 radical (unpaired) electrons. The van der Waals surface area contributed by atoms with E-state index in [0.717, 1.165) is 6.07 Å². The minimum atomic E-state index is -1.21. The van der Waals surface area contributed by atoms with Crippen molar-refractivity contribution in [3.8, 4) is 17.2 Å². The van der Waals surface area contributed by atoms with Gasteiger partial charge in [0.2, 0.25) is 6.79 Å². The Morgan fingerprint density at radius 2 is 2.27 bits per heavy atom. The molecule has 2 rings (SSSR count). The minimum Gasteiger partial charge on any atom is -0.505 e. The molecule has 0 saturated heterocycles. The smallest absolute Gasteiger partial charge is 0.308 e. The average molecular weight is 214 g/mol. The Bertz CT molecular complexity index is 429. The molecule has 1 aliphatic rings. The number of hydrogen-bond donors (Lipinski definition) is 2. The lowest BCUT2D eigenvalue weighted by Crippen LogP contribution is -2.04. The number of halogens is 1. The molecule has 15 heavy (non-hydrogen) atoms. The zero-order chi connectivity index (χ0) is 11.0. The highest BCUT2D eigenvalue weighted by Crippen LogP contribution is 2.41. The van der Waals surface area contributed by atoms with E-state index in [1.165, 1.54) is 0 Å². The van der Waals surface area contributed by atoms with Crippen molar-refractivity contribution >= 4 is 5.97 Å². The monoisotopic (exact) mass is 214 g/mol. The van der Waals surface area contributed by atoms with Crippen molar-refractivity contribution in [3.63, 3.8) is 0 Å². The molecule has 6 heteroatoms. The highest BCUT2D eigenvalue weighted by atomic mass is 19.1. The highest BCUT2D eigenvalue weighted by molar-refractivity contribution is 5.73. The average Bonchev–Trinajstić information content (AvgIpc) is 2.59. The van der Waals surface area contributed by atoms with Crippen LogP contribution in [0.25, 0.3) is 0 Å². The second kappa shape index (κ2) is 3.30.